The van der Waals surface area contributed by atoms with Gasteiger partial charge in [-0.15, -0.1) is 0 Å². The Balaban J connectivity index is 2.50. The third kappa shape index (κ3) is 2.16. The number of benzene rings is 1. The summed E-state index contributed by atoms with van der Waals surface area (Å²) in [7, 11) is 1.98. The number of fused-ring (bicyclic) bond motifs is 1. The molecule has 2 rings (SSSR count). The van der Waals surface area contributed by atoms with Crippen molar-refractivity contribution in [3.8, 4) is 0 Å². The Morgan fingerprint density at radius 2 is 2.07 bits per heavy atom. The van der Waals surface area contributed by atoms with Crippen LogP contribution in [0.4, 0.5) is 0 Å². The Hall–Kier alpha value is -1.41. The lowest BCUT2D eigenvalue weighted by Gasteiger charge is -2.07. The first-order chi connectivity index (χ1) is 7.31. The molecule has 0 radical (unpaired) electrons. The molecule has 0 unspecified atom stereocenters. The summed E-state index contributed by atoms with van der Waals surface area (Å²) in [6.45, 7) is 3.06. The molecule has 1 N–H and O–H groups in total. The van der Waals surface area contributed by atoms with Crippen LogP contribution in [0.2, 0.25) is 0 Å². The molecular formula is C13H16N2. The molecule has 0 saturated heterocycles. The number of pyridine rings is 1. The Bertz CT molecular complexity index is 463. The van der Waals surface area contributed by atoms with Crippen molar-refractivity contribution in [1.29, 1.82) is 0 Å². The molecule has 2 aromatic rings. The summed E-state index contributed by atoms with van der Waals surface area (Å²) < 4.78 is 0. The van der Waals surface area contributed by atoms with Gasteiger partial charge < -0.3 is 5.32 Å². The van der Waals surface area contributed by atoms with E-state index in [4.69, 9.17) is 0 Å². The standard InChI is InChI=1S/C13H16N2/c1-10-9-11(7-8-14-2)12-5-3-4-6-13(12)15-10/h3-6,9,14H,7-8H2,1-2H3. The highest BCUT2D eigenvalue weighted by molar-refractivity contribution is 5.82. The SMILES string of the molecule is CNCCc1cc(C)nc2ccccc12. The first kappa shape index (κ1) is 10.1. The van der Waals surface area contributed by atoms with Gasteiger partial charge in [0.15, 0.2) is 0 Å². The summed E-state index contributed by atoms with van der Waals surface area (Å²) >= 11 is 0. The number of aromatic nitrogens is 1. The number of nitrogens with one attached hydrogen (secondary N) is 1. The van der Waals surface area contributed by atoms with Gasteiger partial charge in [0.1, 0.15) is 0 Å². The summed E-state index contributed by atoms with van der Waals surface area (Å²) in [5.74, 6) is 0. The Morgan fingerprint density at radius 3 is 2.87 bits per heavy atom. The maximum Gasteiger partial charge on any atom is 0.0707 e. The molecule has 1 aromatic heterocycles. The van der Waals surface area contributed by atoms with Crippen molar-refractivity contribution in [3.63, 3.8) is 0 Å². The van der Waals surface area contributed by atoms with Crippen LogP contribution in [-0.2, 0) is 6.42 Å². The van der Waals surface area contributed by atoms with E-state index in [2.05, 4.69) is 41.5 Å². The van der Waals surface area contributed by atoms with E-state index in [9.17, 15) is 0 Å². The molecule has 0 amide bonds. The van der Waals surface area contributed by atoms with E-state index in [-0.39, 0.29) is 0 Å². The molecule has 0 aliphatic rings. The van der Waals surface area contributed by atoms with E-state index in [0.717, 1.165) is 24.2 Å². The van der Waals surface area contributed by atoms with Gasteiger partial charge in [0.05, 0.1) is 5.52 Å². The first-order valence-electron chi connectivity index (χ1n) is 5.31. The monoisotopic (exact) mass is 200 g/mol. The van der Waals surface area contributed by atoms with Gasteiger partial charge in [-0.3, -0.25) is 4.98 Å². The molecule has 0 atom stereocenters. The fraction of sp³-hybridized carbons (Fsp3) is 0.308. The molecule has 0 bridgehead atoms. The predicted molar refractivity (Wildman–Crippen MR) is 64.1 cm³/mol. The molecule has 0 aliphatic carbocycles. The fourth-order valence-corrected chi connectivity index (χ4v) is 1.86. The molecule has 1 aromatic carbocycles. The number of hydrogen-bond acceptors (Lipinski definition) is 2. The van der Waals surface area contributed by atoms with Crippen molar-refractivity contribution in [2.45, 2.75) is 13.3 Å². The van der Waals surface area contributed by atoms with E-state index in [1.165, 1.54) is 10.9 Å². The molecule has 15 heavy (non-hydrogen) atoms. The second kappa shape index (κ2) is 4.41. The van der Waals surface area contributed by atoms with Crippen LogP contribution in [0, 0.1) is 6.92 Å². The summed E-state index contributed by atoms with van der Waals surface area (Å²) in [5, 5.41) is 4.46. The maximum absolute atomic E-state index is 4.52. The van der Waals surface area contributed by atoms with Gasteiger partial charge >= 0.3 is 0 Å². The molecule has 1 heterocycles. The van der Waals surface area contributed by atoms with E-state index in [0.29, 0.717) is 0 Å². The number of aryl methyl sites for hydroxylation is 1. The van der Waals surface area contributed by atoms with E-state index in [1.54, 1.807) is 0 Å². The van der Waals surface area contributed by atoms with Crippen molar-refractivity contribution in [2.75, 3.05) is 13.6 Å². The van der Waals surface area contributed by atoms with E-state index >= 15 is 0 Å². The second-order valence-electron chi connectivity index (χ2n) is 3.79. The van der Waals surface area contributed by atoms with Crippen molar-refractivity contribution >= 4 is 10.9 Å². The molecule has 0 fully saturated rings. The summed E-state index contributed by atoms with van der Waals surface area (Å²) in [6, 6.07) is 10.5. The van der Waals surface area contributed by atoms with Crippen molar-refractivity contribution in [3.05, 3.63) is 41.6 Å². The quantitative estimate of drug-likeness (QED) is 0.822. The van der Waals surface area contributed by atoms with Crippen LogP contribution in [0.1, 0.15) is 11.3 Å². The largest absolute Gasteiger partial charge is 0.319 e. The van der Waals surface area contributed by atoms with Gasteiger partial charge in [-0.1, -0.05) is 18.2 Å². The fourth-order valence-electron chi connectivity index (χ4n) is 1.86. The lowest BCUT2D eigenvalue weighted by molar-refractivity contribution is 0.794. The summed E-state index contributed by atoms with van der Waals surface area (Å²) in [5.41, 5.74) is 3.58. The van der Waals surface area contributed by atoms with Crippen molar-refractivity contribution in [1.82, 2.24) is 10.3 Å². The Labute approximate surface area is 90.3 Å². The van der Waals surface area contributed by atoms with Crippen LogP contribution < -0.4 is 5.32 Å². The zero-order valence-corrected chi connectivity index (χ0v) is 9.25. The zero-order chi connectivity index (χ0) is 10.7. The minimum atomic E-state index is 1.01. The van der Waals surface area contributed by atoms with Crippen molar-refractivity contribution < 1.29 is 0 Å². The molecule has 0 saturated carbocycles. The van der Waals surface area contributed by atoms with E-state index in [1.807, 2.05) is 13.1 Å². The van der Waals surface area contributed by atoms with Crippen LogP contribution in [-0.4, -0.2) is 18.6 Å². The zero-order valence-electron chi connectivity index (χ0n) is 9.25. The number of hydrogen-bond donors (Lipinski definition) is 1. The van der Waals surface area contributed by atoms with Crippen molar-refractivity contribution in [2.24, 2.45) is 0 Å². The Morgan fingerprint density at radius 1 is 1.27 bits per heavy atom. The average Bonchev–Trinajstić information content (AvgIpc) is 2.25. The number of para-hydroxylation sites is 1. The van der Waals surface area contributed by atoms with Gasteiger partial charge in [0.2, 0.25) is 0 Å². The number of nitrogens with zero attached hydrogens (tertiary/aromatic N) is 1. The lowest BCUT2D eigenvalue weighted by Crippen LogP contribution is -2.10. The van der Waals surface area contributed by atoms with Gasteiger partial charge in [-0.25, -0.2) is 0 Å². The van der Waals surface area contributed by atoms with Gasteiger partial charge in [0, 0.05) is 11.1 Å². The second-order valence-corrected chi connectivity index (χ2v) is 3.79. The number of likely N-dealkylation sites (N-methyl/N-ethyl adjacent to an activating group) is 1. The molecule has 2 nitrogen and oxygen atoms in total. The normalized spacial score (nSPS) is 10.8. The van der Waals surface area contributed by atoms with Crippen LogP contribution in [0.3, 0.4) is 0 Å². The van der Waals surface area contributed by atoms with Crippen LogP contribution in [0.5, 0.6) is 0 Å². The predicted octanol–water partition coefficient (Wildman–Crippen LogP) is 2.31. The van der Waals surface area contributed by atoms with Gasteiger partial charge in [-0.2, -0.15) is 0 Å². The molecule has 0 aliphatic heterocycles. The van der Waals surface area contributed by atoms with Gasteiger partial charge in [-0.05, 0) is 44.6 Å². The maximum atomic E-state index is 4.52. The average molecular weight is 200 g/mol. The molecule has 0 spiro atoms. The van der Waals surface area contributed by atoms with Gasteiger partial charge in [0.25, 0.3) is 0 Å². The first-order valence-corrected chi connectivity index (χ1v) is 5.31. The highest BCUT2D eigenvalue weighted by atomic mass is 14.8. The summed E-state index contributed by atoms with van der Waals surface area (Å²) in [6.07, 6.45) is 1.06. The Kier molecular flexibility index (Phi) is 2.97. The third-order valence-corrected chi connectivity index (χ3v) is 2.57. The molecular weight excluding hydrogens is 184 g/mol. The summed E-state index contributed by atoms with van der Waals surface area (Å²) in [4.78, 5) is 4.52. The highest BCUT2D eigenvalue weighted by Gasteiger charge is 2.02. The number of rotatable bonds is 3. The molecule has 2 heteroatoms. The van der Waals surface area contributed by atoms with E-state index < -0.39 is 0 Å². The van der Waals surface area contributed by atoms with Crippen LogP contribution >= 0.6 is 0 Å². The smallest absolute Gasteiger partial charge is 0.0707 e. The van der Waals surface area contributed by atoms with Crippen LogP contribution in [0.25, 0.3) is 10.9 Å². The minimum absolute atomic E-state index is 1.01. The third-order valence-electron chi connectivity index (χ3n) is 2.57. The minimum Gasteiger partial charge on any atom is -0.319 e. The lowest BCUT2D eigenvalue weighted by atomic mass is 10.1. The van der Waals surface area contributed by atoms with Crippen LogP contribution in [0.15, 0.2) is 30.3 Å². The highest BCUT2D eigenvalue weighted by Crippen LogP contribution is 2.18. The molecule has 78 valence electrons. The topological polar surface area (TPSA) is 24.9 Å².